The van der Waals surface area contributed by atoms with Gasteiger partial charge in [0.05, 0.1) is 5.41 Å². The quantitative estimate of drug-likeness (QED) is 0.699. The molecular formula is C16H27NO4. The molecule has 2 unspecified atom stereocenters. The molecule has 2 aliphatic rings. The van der Waals surface area contributed by atoms with Crippen LogP contribution in [0.1, 0.15) is 57.8 Å². The fourth-order valence-electron chi connectivity index (χ4n) is 3.93. The van der Waals surface area contributed by atoms with E-state index in [4.69, 9.17) is 0 Å². The van der Waals surface area contributed by atoms with E-state index in [9.17, 15) is 19.8 Å². The molecule has 2 fully saturated rings. The summed E-state index contributed by atoms with van der Waals surface area (Å²) in [6.45, 7) is 0.749. The number of hydrogen-bond acceptors (Lipinski definition) is 3. The number of amides is 1. The molecule has 0 bridgehead atoms. The summed E-state index contributed by atoms with van der Waals surface area (Å²) in [5, 5.41) is 21.7. The fraction of sp³-hybridized carbons (Fsp3) is 0.875. The summed E-state index contributed by atoms with van der Waals surface area (Å²) >= 11 is 0. The normalized spacial score (nSPS) is 28.2. The van der Waals surface area contributed by atoms with Crippen molar-refractivity contribution in [3.05, 3.63) is 0 Å². The molecule has 0 radical (unpaired) electrons. The van der Waals surface area contributed by atoms with Crippen molar-refractivity contribution < 1.29 is 19.8 Å². The number of carbonyl (C=O) groups is 2. The lowest BCUT2D eigenvalue weighted by molar-refractivity contribution is -0.151. The number of hydrogen-bond donors (Lipinski definition) is 3. The molecular weight excluding hydrogens is 270 g/mol. The van der Waals surface area contributed by atoms with E-state index in [0.29, 0.717) is 25.3 Å². The Hall–Kier alpha value is -1.10. The molecule has 0 spiro atoms. The molecule has 0 aromatic rings. The Labute approximate surface area is 126 Å². The van der Waals surface area contributed by atoms with Crippen molar-refractivity contribution in [3.8, 4) is 0 Å². The second-order valence-corrected chi connectivity index (χ2v) is 6.76. The molecule has 2 rings (SSSR count). The fourth-order valence-corrected chi connectivity index (χ4v) is 3.93. The third-order valence-electron chi connectivity index (χ3n) is 5.38. The van der Waals surface area contributed by atoms with Crippen molar-refractivity contribution in [1.82, 2.24) is 5.32 Å². The first-order chi connectivity index (χ1) is 10.1. The molecule has 21 heavy (non-hydrogen) atoms. The molecule has 2 saturated carbocycles. The summed E-state index contributed by atoms with van der Waals surface area (Å²) in [4.78, 5) is 23.6. The lowest BCUT2D eigenvalue weighted by Crippen LogP contribution is -2.39. The van der Waals surface area contributed by atoms with E-state index in [2.05, 4.69) is 5.32 Å². The van der Waals surface area contributed by atoms with Gasteiger partial charge in [0.1, 0.15) is 0 Å². The number of carboxylic acid groups (broad SMARTS) is 1. The van der Waals surface area contributed by atoms with E-state index >= 15 is 0 Å². The maximum Gasteiger partial charge on any atom is 0.310 e. The van der Waals surface area contributed by atoms with Crippen molar-refractivity contribution in [1.29, 1.82) is 0 Å². The van der Waals surface area contributed by atoms with Crippen LogP contribution in [0.15, 0.2) is 0 Å². The van der Waals surface area contributed by atoms with Crippen molar-refractivity contribution in [3.63, 3.8) is 0 Å². The van der Waals surface area contributed by atoms with Gasteiger partial charge in [-0.3, -0.25) is 9.59 Å². The van der Waals surface area contributed by atoms with Crippen LogP contribution in [0.2, 0.25) is 0 Å². The number of carboxylic acids is 1. The lowest BCUT2D eigenvalue weighted by atomic mass is 9.79. The van der Waals surface area contributed by atoms with Gasteiger partial charge in [0.25, 0.3) is 0 Å². The van der Waals surface area contributed by atoms with Gasteiger partial charge in [-0.1, -0.05) is 25.7 Å². The van der Waals surface area contributed by atoms with Crippen molar-refractivity contribution >= 4 is 11.9 Å². The smallest absolute Gasteiger partial charge is 0.310 e. The van der Waals surface area contributed by atoms with Crippen molar-refractivity contribution in [2.24, 2.45) is 17.3 Å². The minimum absolute atomic E-state index is 0.0961. The van der Waals surface area contributed by atoms with Crippen LogP contribution in [0.5, 0.6) is 0 Å². The first kappa shape index (κ1) is 16.3. The van der Waals surface area contributed by atoms with Crippen LogP contribution in [0.25, 0.3) is 0 Å². The van der Waals surface area contributed by atoms with Gasteiger partial charge in [0, 0.05) is 19.6 Å². The maximum atomic E-state index is 12.1. The minimum atomic E-state index is -0.840. The summed E-state index contributed by atoms with van der Waals surface area (Å²) in [5.41, 5.74) is -0.840. The Morgan fingerprint density at radius 1 is 1.05 bits per heavy atom. The largest absolute Gasteiger partial charge is 0.481 e. The summed E-state index contributed by atoms with van der Waals surface area (Å²) in [5.74, 6) is -0.376. The van der Waals surface area contributed by atoms with Gasteiger partial charge < -0.3 is 15.5 Å². The topological polar surface area (TPSA) is 86.6 Å². The number of aliphatic carboxylic acids is 1. The third-order valence-corrected chi connectivity index (χ3v) is 5.38. The minimum Gasteiger partial charge on any atom is -0.481 e. The number of aliphatic hydroxyl groups is 1. The van der Waals surface area contributed by atoms with Crippen LogP contribution in [0.4, 0.5) is 0 Å². The van der Waals surface area contributed by atoms with Crippen molar-refractivity contribution in [2.45, 2.75) is 57.8 Å². The SMILES string of the molecule is O=C(CC1(C(=O)O)CCCC1)NCC1CCCCC1CO. The van der Waals surface area contributed by atoms with Gasteiger partial charge in [-0.15, -0.1) is 0 Å². The van der Waals surface area contributed by atoms with E-state index in [0.717, 1.165) is 38.5 Å². The number of rotatable bonds is 6. The second-order valence-electron chi connectivity index (χ2n) is 6.76. The van der Waals surface area contributed by atoms with Gasteiger partial charge in [-0.05, 0) is 37.5 Å². The van der Waals surface area contributed by atoms with Crippen molar-refractivity contribution in [2.75, 3.05) is 13.2 Å². The molecule has 2 atom stereocenters. The molecule has 120 valence electrons. The molecule has 5 nitrogen and oxygen atoms in total. The molecule has 3 N–H and O–H groups in total. The molecule has 1 amide bonds. The van der Waals surface area contributed by atoms with E-state index in [1.165, 1.54) is 0 Å². The summed E-state index contributed by atoms with van der Waals surface area (Å²) in [6, 6.07) is 0. The van der Waals surface area contributed by atoms with Crippen LogP contribution in [0, 0.1) is 17.3 Å². The van der Waals surface area contributed by atoms with Crippen LogP contribution in [0.3, 0.4) is 0 Å². The predicted molar refractivity (Wildman–Crippen MR) is 78.7 cm³/mol. The standard InChI is InChI=1S/C16H27NO4/c18-11-13-6-2-1-5-12(13)10-17-14(19)9-16(15(20)21)7-3-4-8-16/h12-13,18H,1-11H2,(H,17,19)(H,20,21). The molecule has 0 saturated heterocycles. The molecule has 0 aromatic heterocycles. The van der Waals surface area contributed by atoms with Gasteiger partial charge >= 0.3 is 5.97 Å². The van der Waals surface area contributed by atoms with Gasteiger partial charge in [-0.2, -0.15) is 0 Å². The van der Waals surface area contributed by atoms with E-state index < -0.39 is 11.4 Å². The van der Waals surface area contributed by atoms with Crippen LogP contribution < -0.4 is 5.32 Å². The Morgan fingerprint density at radius 3 is 2.24 bits per heavy atom. The molecule has 0 heterocycles. The Bertz CT molecular complexity index is 376. The highest BCUT2D eigenvalue weighted by Gasteiger charge is 2.43. The molecule has 2 aliphatic carbocycles. The molecule has 0 aliphatic heterocycles. The zero-order chi connectivity index (χ0) is 15.3. The highest BCUT2D eigenvalue weighted by Crippen LogP contribution is 2.41. The third kappa shape index (κ3) is 3.96. The zero-order valence-corrected chi connectivity index (χ0v) is 12.6. The first-order valence-corrected chi connectivity index (χ1v) is 8.18. The predicted octanol–water partition coefficient (Wildman–Crippen LogP) is 1.94. The summed E-state index contributed by atoms with van der Waals surface area (Å²) < 4.78 is 0. The lowest BCUT2D eigenvalue weighted by Gasteiger charge is -2.30. The number of aliphatic hydroxyl groups excluding tert-OH is 1. The number of nitrogens with one attached hydrogen (secondary N) is 1. The maximum absolute atomic E-state index is 12.1. The van der Waals surface area contributed by atoms with E-state index in [1.807, 2.05) is 0 Å². The average Bonchev–Trinajstić information content (AvgIpc) is 2.95. The van der Waals surface area contributed by atoms with Gasteiger partial charge in [-0.25, -0.2) is 0 Å². The number of carbonyl (C=O) groups excluding carboxylic acids is 1. The highest BCUT2D eigenvalue weighted by molar-refractivity contribution is 5.85. The zero-order valence-electron chi connectivity index (χ0n) is 12.6. The van der Waals surface area contributed by atoms with E-state index in [1.54, 1.807) is 0 Å². The monoisotopic (exact) mass is 297 g/mol. The average molecular weight is 297 g/mol. The highest BCUT2D eigenvalue weighted by atomic mass is 16.4. The van der Waals surface area contributed by atoms with E-state index in [-0.39, 0.29) is 24.9 Å². The summed E-state index contributed by atoms with van der Waals surface area (Å²) in [6.07, 6.45) is 7.47. The molecule has 5 heteroatoms. The Morgan fingerprint density at radius 2 is 1.67 bits per heavy atom. The Balaban J connectivity index is 1.82. The van der Waals surface area contributed by atoms with Gasteiger partial charge in [0.15, 0.2) is 0 Å². The second kappa shape index (κ2) is 7.25. The van der Waals surface area contributed by atoms with Crippen LogP contribution >= 0.6 is 0 Å². The summed E-state index contributed by atoms with van der Waals surface area (Å²) in [7, 11) is 0. The van der Waals surface area contributed by atoms with Gasteiger partial charge in [0.2, 0.25) is 5.91 Å². The van der Waals surface area contributed by atoms with Crippen LogP contribution in [-0.2, 0) is 9.59 Å². The molecule has 0 aromatic carbocycles. The Kier molecular flexibility index (Phi) is 5.62. The van der Waals surface area contributed by atoms with Crippen LogP contribution in [-0.4, -0.2) is 35.2 Å². The first-order valence-electron chi connectivity index (χ1n) is 8.18.